The van der Waals surface area contributed by atoms with E-state index in [1.54, 1.807) is 24.3 Å². The van der Waals surface area contributed by atoms with E-state index in [0.717, 1.165) is 12.0 Å². The molecule has 0 saturated heterocycles. The molecule has 21 heavy (non-hydrogen) atoms. The number of rotatable bonds is 2. The maximum Gasteiger partial charge on any atom is 0.342 e. The van der Waals surface area contributed by atoms with Gasteiger partial charge in [0, 0.05) is 11.1 Å². The van der Waals surface area contributed by atoms with E-state index in [9.17, 15) is 9.59 Å². The van der Waals surface area contributed by atoms with Crippen LogP contribution in [0, 0.1) is 0 Å². The van der Waals surface area contributed by atoms with Crippen molar-refractivity contribution < 1.29 is 14.3 Å². The summed E-state index contributed by atoms with van der Waals surface area (Å²) in [5.74, 6) is -0.507. The van der Waals surface area contributed by atoms with Crippen LogP contribution in [0.3, 0.4) is 0 Å². The van der Waals surface area contributed by atoms with Crippen molar-refractivity contribution in [3.05, 3.63) is 83.1 Å². The van der Waals surface area contributed by atoms with Crippen LogP contribution in [0.5, 0.6) is 0 Å². The molecule has 0 bridgehead atoms. The minimum absolute atomic E-state index is 0.0577. The highest BCUT2D eigenvalue weighted by Crippen LogP contribution is 2.24. The first kappa shape index (κ1) is 13.3. The molecule has 0 amide bonds. The minimum Gasteiger partial charge on any atom is -0.430 e. The summed E-state index contributed by atoms with van der Waals surface area (Å²) < 4.78 is 5.13. The van der Waals surface area contributed by atoms with Gasteiger partial charge >= 0.3 is 5.97 Å². The quantitative estimate of drug-likeness (QED) is 0.479. The zero-order chi connectivity index (χ0) is 14.7. The number of hydrogen-bond acceptors (Lipinski definition) is 3. The second-order valence-corrected chi connectivity index (χ2v) is 4.90. The van der Waals surface area contributed by atoms with Crippen LogP contribution in [-0.2, 0) is 11.2 Å². The van der Waals surface area contributed by atoms with Gasteiger partial charge in [-0.15, -0.1) is 0 Å². The molecule has 3 nitrogen and oxygen atoms in total. The first-order valence-corrected chi connectivity index (χ1v) is 6.83. The van der Waals surface area contributed by atoms with Crippen LogP contribution in [0.15, 0.2) is 66.4 Å². The zero-order valence-corrected chi connectivity index (χ0v) is 11.4. The Kier molecular flexibility index (Phi) is 3.65. The molecule has 0 N–H and O–H groups in total. The molecule has 3 rings (SSSR count). The zero-order valence-electron chi connectivity index (χ0n) is 11.4. The fourth-order valence-electron chi connectivity index (χ4n) is 2.40. The maximum atomic E-state index is 12.3. The van der Waals surface area contributed by atoms with Crippen LogP contribution in [0.2, 0.25) is 0 Å². The smallest absolute Gasteiger partial charge is 0.342 e. The number of carbonyl (C=O) groups excluding carboxylic acids is 2. The van der Waals surface area contributed by atoms with Crippen molar-refractivity contribution in [1.29, 1.82) is 0 Å². The second kappa shape index (κ2) is 5.75. The van der Waals surface area contributed by atoms with Crippen LogP contribution in [0.25, 0.3) is 0 Å². The van der Waals surface area contributed by atoms with Crippen molar-refractivity contribution in [2.24, 2.45) is 0 Å². The van der Waals surface area contributed by atoms with Gasteiger partial charge in [0.25, 0.3) is 0 Å². The van der Waals surface area contributed by atoms with Gasteiger partial charge in [-0.25, -0.2) is 4.79 Å². The summed E-state index contributed by atoms with van der Waals surface area (Å²) in [4.78, 5) is 24.2. The Labute approximate surface area is 122 Å². The lowest BCUT2D eigenvalue weighted by Gasteiger charge is -2.16. The molecule has 104 valence electrons. The number of aryl methyl sites for hydroxylation is 1. The number of allylic oxidation sites excluding steroid dienone is 1. The molecule has 0 aliphatic heterocycles. The molecule has 0 unspecified atom stereocenters. The number of benzene rings is 2. The molecule has 2 aromatic carbocycles. The topological polar surface area (TPSA) is 43.4 Å². The molecule has 1 aliphatic rings. The molecule has 0 aromatic heterocycles. The first-order chi connectivity index (χ1) is 10.3. The van der Waals surface area contributed by atoms with Crippen LogP contribution >= 0.6 is 0 Å². The fraction of sp³-hybridized carbons (Fsp3) is 0.111. The lowest BCUT2D eigenvalue weighted by molar-refractivity contribution is 0.0659. The van der Waals surface area contributed by atoms with Gasteiger partial charge in [-0.05, 0) is 30.5 Å². The van der Waals surface area contributed by atoms with Crippen LogP contribution < -0.4 is 0 Å². The summed E-state index contributed by atoms with van der Waals surface area (Å²) >= 11 is 0. The van der Waals surface area contributed by atoms with E-state index in [0.29, 0.717) is 23.1 Å². The van der Waals surface area contributed by atoms with Crippen LogP contribution in [0.1, 0.15) is 32.7 Å². The summed E-state index contributed by atoms with van der Waals surface area (Å²) in [6.07, 6.45) is 2.68. The Morgan fingerprint density at radius 1 is 0.952 bits per heavy atom. The molecule has 0 heterocycles. The SMILES string of the molecule is O=C(O/C=C1\CCc2ccccc2C1=O)c1ccccc1. The van der Waals surface area contributed by atoms with Crippen molar-refractivity contribution in [3.8, 4) is 0 Å². The van der Waals surface area contributed by atoms with Gasteiger partial charge in [-0.1, -0.05) is 42.5 Å². The number of esters is 1. The molecule has 2 aromatic rings. The van der Waals surface area contributed by atoms with E-state index >= 15 is 0 Å². The van der Waals surface area contributed by atoms with Gasteiger partial charge < -0.3 is 4.74 Å². The van der Waals surface area contributed by atoms with Gasteiger partial charge in [0.05, 0.1) is 5.56 Å². The lowest BCUT2D eigenvalue weighted by Crippen LogP contribution is -2.15. The Morgan fingerprint density at radius 3 is 2.48 bits per heavy atom. The number of ketones is 1. The van der Waals surface area contributed by atoms with E-state index in [1.807, 2.05) is 30.3 Å². The molecule has 1 aliphatic carbocycles. The highest BCUT2D eigenvalue weighted by Gasteiger charge is 2.22. The molecule has 0 atom stereocenters. The molecular weight excluding hydrogens is 264 g/mol. The van der Waals surface area contributed by atoms with Crippen molar-refractivity contribution in [2.75, 3.05) is 0 Å². The van der Waals surface area contributed by atoms with Gasteiger partial charge in [0.15, 0.2) is 5.78 Å². The van der Waals surface area contributed by atoms with Gasteiger partial charge in [0.2, 0.25) is 0 Å². The number of ether oxygens (including phenoxy) is 1. The third-order valence-corrected chi connectivity index (χ3v) is 3.54. The Morgan fingerprint density at radius 2 is 1.67 bits per heavy atom. The fourth-order valence-corrected chi connectivity index (χ4v) is 2.40. The third kappa shape index (κ3) is 2.77. The number of Topliss-reactive ketones (excluding diaryl/α,β-unsaturated/α-hetero) is 1. The summed E-state index contributed by atoms with van der Waals surface area (Å²) in [5, 5.41) is 0. The van der Waals surface area contributed by atoms with Crippen molar-refractivity contribution in [2.45, 2.75) is 12.8 Å². The van der Waals surface area contributed by atoms with E-state index < -0.39 is 5.97 Å². The van der Waals surface area contributed by atoms with Crippen LogP contribution in [-0.4, -0.2) is 11.8 Å². The van der Waals surface area contributed by atoms with Crippen molar-refractivity contribution in [3.63, 3.8) is 0 Å². The first-order valence-electron chi connectivity index (χ1n) is 6.83. The molecule has 0 fully saturated rings. The molecule has 0 radical (unpaired) electrons. The summed E-state index contributed by atoms with van der Waals surface area (Å²) in [7, 11) is 0. The average Bonchev–Trinajstić information content (AvgIpc) is 2.55. The highest BCUT2D eigenvalue weighted by molar-refractivity contribution is 6.10. The number of fused-ring (bicyclic) bond motifs is 1. The minimum atomic E-state index is -0.449. The average molecular weight is 278 g/mol. The van der Waals surface area contributed by atoms with Gasteiger partial charge in [-0.3, -0.25) is 4.79 Å². The van der Waals surface area contributed by atoms with Gasteiger partial charge in [-0.2, -0.15) is 0 Å². The van der Waals surface area contributed by atoms with Crippen molar-refractivity contribution in [1.82, 2.24) is 0 Å². The monoisotopic (exact) mass is 278 g/mol. The molecular formula is C18H14O3. The normalized spacial score (nSPS) is 15.6. The van der Waals surface area contributed by atoms with Crippen LogP contribution in [0.4, 0.5) is 0 Å². The van der Waals surface area contributed by atoms with E-state index in [-0.39, 0.29) is 5.78 Å². The standard InChI is InChI=1S/C18H14O3/c19-17-15(11-10-13-6-4-5-9-16(13)17)12-21-18(20)14-7-2-1-3-8-14/h1-9,12H,10-11H2/b15-12+. The summed E-state index contributed by atoms with van der Waals surface area (Å²) in [6, 6.07) is 16.3. The van der Waals surface area contributed by atoms with Crippen molar-refractivity contribution >= 4 is 11.8 Å². The Hall–Kier alpha value is -2.68. The van der Waals surface area contributed by atoms with Gasteiger partial charge in [0.1, 0.15) is 6.26 Å². The molecule has 0 saturated carbocycles. The third-order valence-electron chi connectivity index (χ3n) is 3.54. The predicted octanol–water partition coefficient (Wildman–Crippen LogP) is 3.56. The van der Waals surface area contributed by atoms with E-state index in [1.165, 1.54) is 6.26 Å². The largest absolute Gasteiger partial charge is 0.430 e. The Balaban J connectivity index is 1.77. The van der Waals surface area contributed by atoms with E-state index in [4.69, 9.17) is 4.74 Å². The summed E-state index contributed by atoms with van der Waals surface area (Å²) in [5.41, 5.74) is 2.76. The second-order valence-electron chi connectivity index (χ2n) is 4.90. The number of hydrogen-bond donors (Lipinski definition) is 0. The highest BCUT2D eigenvalue weighted by atomic mass is 16.5. The molecule has 3 heteroatoms. The number of carbonyl (C=O) groups is 2. The van der Waals surface area contributed by atoms with E-state index in [2.05, 4.69) is 0 Å². The maximum absolute atomic E-state index is 12.3. The predicted molar refractivity (Wildman–Crippen MR) is 79.0 cm³/mol. The Bertz CT molecular complexity index is 714. The summed E-state index contributed by atoms with van der Waals surface area (Å²) in [6.45, 7) is 0. The lowest BCUT2D eigenvalue weighted by atomic mass is 9.87. The molecule has 0 spiro atoms.